The quantitative estimate of drug-likeness (QED) is 0.360. The molecule has 2 aliphatic rings. The van der Waals surface area contributed by atoms with Gasteiger partial charge in [-0.25, -0.2) is 9.78 Å². The van der Waals surface area contributed by atoms with Gasteiger partial charge in [0.05, 0.1) is 18.9 Å². The highest BCUT2D eigenvalue weighted by atomic mass is 35.5. The zero-order valence-electron chi connectivity index (χ0n) is 24.6. The molecule has 1 amide bonds. The van der Waals surface area contributed by atoms with E-state index >= 15 is 0 Å². The lowest BCUT2D eigenvalue weighted by molar-refractivity contribution is 0.0896. The van der Waals surface area contributed by atoms with E-state index in [1.54, 1.807) is 0 Å². The molecule has 0 bridgehead atoms. The fourth-order valence-electron chi connectivity index (χ4n) is 6.03. The van der Waals surface area contributed by atoms with Gasteiger partial charge in [-0.15, -0.1) is 0 Å². The van der Waals surface area contributed by atoms with Gasteiger partial charge in [0.2, 0.25) is 5.88 Å². The number of hydrogen-bond acceptors (Lipinski definition) is 7. The highest BCUT2D eigenvalue weighted by molar-refractivity contribution is 6.32. The monoisotopic (exact) mass is 605 g/mol. The predicted molar refractivity (Wildman–Crippen MR) is 165 cm³/mol. The van der Waals surface area contributed by atoms with Gasteiger partial charge in [0.25, 0.3) is 11.5 Å². The van der Waals surface area contributed by atoms with Crippen LogP contribution in [-0.4, -0.2) is 44.4 Å². The first-order chi connectivity index (χ1) is 20.6. The van der Waals surface area contributed by atoms with Crippen LogP contribution in [-0.2, 0) is 26.2 Å². The van der Waals surface area contributed by atoms with Gasteiger partial charge in [-0.1, -0.05) is 61.0 Å². The lowest BCUT2D eigenvalue weighted by atomic mass is 9.72. The zero-order valence-corrected chi connectivity index (χ0v) is 25.4. The van der Waals surface area contributed by atoms with Crippen LogP contribution in [0.5, 0.6) is 5.88 Å². The van der Waals surface area contributed by atoms with Crippen molar-refractivity contribution in [2.24, 2.45) is 20.0 Å². The van der Waals surface area contributed by atoms with Gasteiger partial charge in [0.15, 0.2) is 0 Å². The first-order valence-corrected chi connectivity index (χ1v) is 14.6. The van der Waals surface area contributed by atoms with Crippen LogP contribution in [0.15, 0.2) is 70.4 Å². The highest BCUT2D eigenvalue weighted by Gasteiger charge is 2.43. The molecule has 2 heterocycles. The Hall–Kier alpha value is -3.99. The number of pyridine rings is 1. The highest BCUT2D eigenvalue weighted by Crippen LogP contribution is 2.44. The normalized spacial score (nSPS) is 23.2. The van der Waals surface area contributed by atoms with E-state index in [2.05, 4.69) is 10.6 Å². The second-order valence-corrected chi connectivity index (χ2v) is 11.6. The molecule has 0 radical (unpaired) electrons. The number of ether oxygens (including phenoxy) is 1. The van der Waals surface area contributed by atoms with Crippen molar-refractivity contribution in [2.45, 2.75) is 50.4 Å². The fourth-order valence-corrected chi connectivity index (χ4v) is 6.27. The molecule has 4 atom stereocenters. The number of aliphatic hydroxyl groups excluding tert-OH is 1. The molecule has 5 rings (SSSR count). The summed E-state index contributed by atoms with van der Waals surface area (Å²) >= 11 is 6.61. The van der Waals surface area contributed by atoms with E-state index in [0.717, 1.165) is 40.5 Å². The minimum atomic E-state index is -1.22. The molecule has 1 saturated carbocycles. The summed E-state index contributed by atoms with van der Waals surface area (Å²) in [5, 5.41) is 17.3. The zero-order chi connectivity index (χ0) is 30.9. The topological polar surface area (TPSA) is 127 Å². The van der Waals surface area contributed by atoms with E-state index in [4.69, 9.17) is 21.3 Å². The van der Waals surface area contributed by atoms with E-state index in [-0.39, 0.29) is 17.7 Å². The SMILES string of the molecule is COc1nc(C2(NC(=O)c3cn(C)c(=O)n(C)c3=O)C=CC=C(c3ccccc3Cl)C2C)ccc1CN[C@@H]1CCC[C@@H]1O. The molecule has 1 aromatic carbocycles. The maximum absolute atomic E-state index is 13.9. The Morgan fingerprint density at radius 1 is 1.19 bits per heavy atom. The van der Waals surface area contributed by atoms with Gasteiger partial charge < -0.3 is 25.0 Å². The molecule has 1 fully saturated rings. The molecule has 0 spiro atoms. The Kier molecular flexibility index (Phi) is 8.73. The number of nitrogens with one attached hydrogen (secondary N) is 2. The third-order valence-corrected chi connectivity index (χ3v) is 8.90. The van der Waals surface area contributed by atoms with Crippen LogP contribution in [0.4, 0.5) is 0 Å². The molecular weight excluding hydrogens is 570 g/mol. The maximum Gasteiger partial charge on any atom is 0.330 e. The Bertz CT molecular complexity index is 1730. The number of aryl methyl sites for hydroxylation is 1. The number of rotatable bonds is 8. The fraction of sp³-hybridized carbons (Fsp3) is 0.375. The van der Waals surface area contributed by atoms with Crippen molar-refractivity contribution in [1.29, 1.82) is 0 Å². The van der Waals surface area contributed by atoms with Gasteiger partial charge >= 0.3 is 5.69 Å². The standard InChI is InChI=1S/C32H36ClN5O5/c1-19-21(22-9-5-6-11-24(22)33)10-8-16-32(19,36-28(40)23-18-37(2)31(42)38(3)30(23)41)27-15-14-20(29(35-27)43-4)17-34-25-12-7-13-26(25)39/h5-6,8-11,14-16,18-19,25-26,34,39H,7,12-13,17H2,1-4H3,(H,36,40)/t19?,25-,26+,32?/m1/s1. The smallest absolute Gasteiger partial charge is 0.330 e. The van der Waals surface area contributed by atoms with Crippen LogP contribution in [0.1, 0.15) is 53.4 Å². The number of halogens is 1. The molecule has 2 aromatic heterocycles. The largest absolute Gasteiger partial charge is 0.481 e. The Morgan fingerprint density at radius 2 is 1.95 bits per heavy atom. The van der Waals surface area contributed by atoms with Crippen molar-refractivity contribution in [3.05, 3.63) is 109 Å². The lowest BCUT2D eigenvalue weighted by Gasteiger charge is -2.40. The average molecular weight is 606 g/mol. The van der Waals surface area contributed by atoms with Gasteiger partial charge in [-0.2, -0.15) is 0 Å². The van der Waals surface area contributed by atoms with Crippen LogP contribution in [0.3, 0.4) is 0 Å². The van der Waals surface area contributed by atoms with Gasteiger partial charge in [-0.05, 0) is 42.5 Å². The molecule has 3 N–H and O–H groups in total. The Balaban J connectivity index is 1.58. The minimum Gasteiger partial charge on any atom is -0.481 e. The summed E-state index contributed by atoms with van der Waals surface area (Å²) in [5.41, 5.74) is 0.322. The summed E-state index contributed by atoms with van der Waals surface area (Å²) < 4.78 is 7.81. The molecular formula is C32H36ClN5O5. The molecule has 0 aliphatic heterocycles. The number of amides is 1. The third-order valence-electron chi connectivity index (χ3n) is 8.57. The molecule has 11 heteroatoms. The van der Waals surface area contributed by atoms with E-state index in [1.165, 1.54) is 32.0 Å². The van der Waals surface area contributed by atoms with Gasteiger partial charge in [0, 0.05) is 49.4 Å². The number of benzene rings is 1. The van der Waals surface area contributed by atoms with Crippen molar-refractivity contribution >= 4 is 23.1 Å². The summed E-state index contributed by atoms with van der Waals surface area (Å²) in [7, 11) is 4.36. The van der Waals surface area contributed by atoms with Gasteiger partial charge in [-0.3, -0.25) is 14.2 Å². The Labute approximate surface area is 254 Å². The lowest BCUT2D eigenvalue weighted by Crippen LogP contribution is -2.52. The number of carbonyl (C=O) groups is 1. The molecule has 43 heavy (non-hydrogen) atoms. The molecule has 10 nitrogen and oxygen atoms in total. The second-order valence-electron chi connectivity index (χ2n) is 11.2. The number of aliphatic hydroxyl groups is 1. The van der Waals surface area contributed by atoms with E-state index < -0.39 is 28.6 Å². The minimum absolute atomic E-state index is 0.00378. The van der Waals surface area contributed by atoms with Crippen molar-refractivity contribution in [3.8, 4) is 5.88 Å². The molecule has 2 aliphatic carbocycles. The number of methoxy groups -OCH3 is 1. The Morgan fingerprint density at radius 3 is 2.65 bits per heavy atom. The number of nitrogens with zero attached hydrogens (tertiary/aromatic N) is 3. The number of carbonyl (C=O) groups excluding carboxylic acids is 1. The second kappa shape index (κ2) is 12.3. The molecule has 3 aromatic rings. The van der Waals surface area contributed by atoms with Gasteiger partial charge in [0.1, 0.15) is 11.1 Å². The van der Waals surface area contributed by atoms with Crippen LogP contribution in [0.2, 0.25) is 5.02 Å². The van der Waals surface area contributed by atoms with Crippen LogP contribution in [0.25, 0.3) is 5.57 Å². The number of hydrogen-bond donors (Lipinski definition) is 3. The van der Waals surface area contributed by atoms with Crippen LogP contribution >= 0.6 is 11.6 Å². The third kappa shape index (κ3) is 5.70. The number of allylic oxidation sites excluding steroid dienone is 2. The van der Waals surface area contributed by atoms with Crippen LogP contribution < -0.4 is 26.6 Å². The van der Waals surface area contributed by atoms with E-state index in [0.29, 0.717) is 23.1 Å². The maximum atomic E-state index is 13.9. The van der Waals surface area contributed by atoms with Crippen molar-refractivity contribution in [2.75, 3.05) is 7.11 Å². The van der Waals surface area contributed by atoms with E-state index in [9.17, 15) is 19.5 Å². The van der Waals surface area contributed by atoms with Crippen molar-refractivity contribution in [3.63, 3.8) is 0 Å². The average Bonchev–Trinajstić information content (AvgIpc) is 3.42. The summed E-state index contributed by atoms with van der Waals surface area (Å²) in [4.78, 5) is 44.1. The molecule has 2 unspecified atom stereocenters. The van der Waals surface area contributed by atoms with Crippen molar-refractivity contribution in [1.82, 2.24) is 24.8 Å². The summed E-state index contributed by atoms with van der Waals surface area (Å²) in [5.74, 6) is -0.680. The summed E-state index contributed by atoms with van der Waals surface area (Å²) in [6, 6.07) is 11.2. The van der Waals surface area contributed by atoms with E-state index in [1.807, 2.05) is 61.5 Å². The summed E-state index contributed by atoms with van der Waals surface area (Å²) in [6.07, 6.45) is 9.14. The van der Waals surface area contributed by atoms with Crippen molar-refractivity contribution < 1.29 is 14.6 Å². The number of aromatic nitrogens is 3. The first kappa shape index (κ1) is 30.5. The van der Waals surface area contributed by atoms with Crippen LogP contribution in [0, 0.1) is 5.92 Å². The predicted octanol–water partition coefficient (Wildman–Crippen LogP) is 3.06. The molecule has 226 valence electrons. The molecule has 0 saturated heterocycles. The summed E-state index contributed by atoms with van der Waals surface area (Å²) in [6.45, 7) is 2.41. The first-order valence-electron chi connectivity index (χ1n) is 14.3.